The number of halogens is 4. The van der Waals surface area contributed by atoms with Crippen LogP contribution in [0.2, 0.25) is 5.02 Å². The second-order valence-electron chi connectivity index (χ2n) is 6.65. The SMILES string of the molecule is O=C(O)COc1ccc(SCC=C(c2ccccc2)c2cccc(C(F)(F)F)c2)cc1Cl. The zero-order valence-corrected chi connectivity index (χ0v) is 18.2. The molecule has 0 radical (unpaired) electrons. The van der Waals surface area contributed by atoms with E-state index in [9.17, 15) is 18.0 Å². The number of ether oxygens (including phenoxy) is 1. The van der Waals surface area contributed by atoms with Gasteiger partial charge in [-0.05, 0) is 47.0 Å². The first-order valence-electron chi connectivity index (χ1n) is 9.44. The third-order valence-electron chi connectivity index (χ3n) is 4.38. The van der Waals surface area contributed by atoms with E-state index in [2.05, 4.69) is 0 Å². The molecule has 0 aliphatic carbocycles. The Morgan fingerprint density at radius 3 is 2.38 bits per heavy atom. The van der Waals surface area contributed by atoms with Crippen LogP contribution in [0.25, 0.3) is 5.57 Å². The van der Waals surface area contributed by atoms with Crippen molar-refractivity contribution >= 4 is 34.9 Å². The quantitative estimate of drug-likeness (QED) is 0.352. The third kappa shape index (κ3) is 6.55. The van der Waals surface area contributed by atoms with Gasteiger partial charge in [-0.25, -0.2) is 4.79 Å². The van der Waals surface area contributed by atoms with Gasteiger partial charge in [0.05, 0.1) is 10.6 Å². The van der Waals surface area contributed by atoms with Gasteiger partial charge in [-0.2, -0.15) is 13.2 Å². The number of alkyl halides is 3. The molecular formula is C24H18ClF3O3S. The van der Waals surface area contributed by atoms with Crippen LogP contribution in [0.4, 0.5) is 13.2 Å². The van der Waals surface area contributed by atoms with Crippen molar-refractivity contribution in [1.82, 2.24) is 0 Å². The number of carbonyl (C=O) groups is 1. The van der Waals surface area contributed by atoms with Crippen molar-refractivity contribution in [3.05, 3.63) is 101 Å². The highest BCUT2D eigenvalue weighted by Crippen LogP contribution is 2.34. The molecule has 0 fully saturated rings. The van der Waals surface area contributed by atoms with Gasteiger partial charge in [-0.1, -0.05) is 60.1 Å². The summed E-state index contributed by atoms with van der Waals surface area (Å²) in [6, 6.07) is 19.5. The lowest BCUT2D eigenvalue weighted by Crippen LogP contribution is -2.09. The van der Waals surface area contributed by atoms with E-state index < -0.39 is 24.3 Å². The van der Waals surface area contributed by atoms with E-state index in [1.54, 1.807) is 24.3 Å². The summed E-state index contributed by atoms with van der Waals surface area (Å²) in [5.41, 5.74) is 1.27. The van der Waals surface area contributed by atoms with E-state index >= 15 is 0 Å². The second kappa shape index (κ2) is 10.6. The molecule has 3 aromatic carbocycles. The standard InChI is InChI=1S/C24H18ClF3O3S/c25-21-14-19(9-10-22(21)31-15-23(29)30)32-12-11-20(16-5-2-1-3-6-16)17-7-4-8-18(13-17)24(26,27)28/h1-11,13-14H,12,15H2,(H,29,30). The third-order valence-corrected chi connectivity index (χ3v) is 5.59. The van der Waals surface area contributed by atoms with Gasteiger partial charge in [0.15, 0.2) is 6.61 Å². The fraction of sp³-hybridized carbons (Fsp3) is 0.125. The highest BCUT2D eigenvalue weighted by molar-refractivity contribution is 7.99. The van der Waals surface area contributed by atoms with E-state index in [1.165, 1.54) is 17.8 Å². The maximum atomic E-state index is 13.2. The Balaban J connectivity index is 1.82. The topological polar surface area (TPSA) is 46.5 Å². The van der Waals surface area contributed by atoms with Gasteiger partial charge >= 0.3 is 12.1 Å². The number of rotatable bonds is 8. The van der Waals surface area contributed by atoms with E-state index in [1.807, 2.05) is 36.4 Å². The van der Waals surface area contributed by atoms with Crippen LogP contribution in [0, 0.1) is 0 Å². The molecule has 8 heteroatoms. The molecule has 0 amide bonds. The van der Waals surface area contributed by atoms with Crippen LogP contribution >= 0.6 is 23.4 Å². The summed E-state index contributed by atoms with van der Waals surface area (Å²) in [6.07, 6.45) is -2.55. The summed E-state index contributed by atoms with van der Waals surface area (Å²) in [5, 5.41) is 8.98. The minimum atomic E-state index is -4.42. The Morgan fingerprint density at radius 2 is 1.72 bits per heavy atom. The first-order valence-corrected chi connectivity index (χ1v) is 10.8. The van der Waals surface area contributed by atoms with Crippen molar-refractivity contribution in [1.29, 1.82) is 0 Å². The lowest BCUT2D eigenvalue weighted by atomic mass is 9.96. The van der Waals surface area contributed by atoms with E-state index in [-0.39, 0.29) is 10.8 Å². The Labute approximate surface area is 192 Å². The predicted octanol–water partition coefficient (Wildman–Crippen LogP) is 7.05. The van der Waals surface area contributed by atoms with Crippen LogP contribution in [-0.4, -0.2) is 23.4 Å². The molecule has 1 N–H and O–H groups in total. The van der Waals surface area contributed by atoms with Crippen LogP contribution in [0.15, 0.2) is 83.8 Å². The van der Waals surface area contributed by atoms with Gasteiger partial charge in [-0.15, -0.1) is 11.8 Å². The fourth-order valence-electron chi connectivity index (χ4n) is 2.93. The number of thioether (sulfide) groups is 1. The van der Waals surface area contributed by atoms with Crippen LogP contribution in [0.5, 0.6) is 5.75 Å². The van der Waals surface area contributed by atoms with Gasteiger partial charge in [0, 0.05) is 10.6 Å². The van der Waals surface area contributed by atoms with Gasteiger partial charge < -0.3 is 9.84 Å². The lowest BCUT2D eigenvalue weighted by Gasteiger charge is -2.12. The summed E-state index contributed by atoms with van der Waals surface area (Å²) >= 11 is 7.59. The zero-order chi connectivity index (χ0) is 23.1. The highest BCUT2D eigenvalue weighted by Gasteiger charge is 2.30. The Morgan fingerprint density at radius 1 is 1.00 bits per heavy atom. The average molecular weight is 479 g/mol. The molecule has 0 aliphatic heterocycles. The van der Waals surface area contributed by atoms with Crippen molar-refractivity contribution in [3.8, 4) is 5.75 Å². The normalized spacial score (nSPS) is 11.9. The highest BCUT2D eigenvalue weighted by atomic mass is 35.5. The number of carboxylic acid groups (broad SMARTS) is 1. The molecule has 0 unspecified atom stereocenters. The Bertz CT molecular complexity index is 1110. The minimum Gasteiger partial charge on any atom is -0.480 e. The van der Waals surface area contributed by atoms with Gasteiger partial charge in [-0.3, -0.25) is 0 Å². The smallest absolute Gasteiger partial charge is 0.416 e. The molecule has 0 atom stereocenters. The molecule has 3 nitrogen and oxygen atoms in total. The Kier molecular flexibility index (Phi) is 7.88. The summed E-state index contributed by atoms with van der Waals surface area (Å²) in [6.45, 7) is -0.494. The monoisotopic (exact) mass is 478 g/mol. The average Bonchev–Trinajstić information content (AvgIpc) is 2.76. The van der Waals surface area contributed by atoms with Crippen molar-refractivity contribution in [3.63, 3.8) is 0 Å². The van der Waals surface area contributed by atoms with Crippen molar-refractivity contribution in [2.45, 2.75) is 11.1 Å². The van der Waals surface area contributed by atoms with Gasteiger partial charge in [0.2, 0.25) is 0 Å². The van der Waals surface area contributed by atoms with E-state index in [4.69, 9.17) is 21.4 Å². The zero-order valence-electron chi connectivity index (χ0n) is 16.6. The predicted molar refractivity (Wildman–Crippen MR) is 120 cm³/mol. The summed E-state index contributed by atoms with van der Waals surface area (Å²) in [4.78, 5) is 11.4. The molecule has 3 aromatic rings. The van der Waals surface area contributed by atoms with Gasteiger partial charge in [0.25, 0.3) is 0 Å². The molecule has 0 saturated heterocycles. The molecule has 166 valence electrons. The number of aliphatic carboxylic acids is 1. The number of benzene rings is 3. The van der Waals surface area contributed by atoms with Gasteiger partial charge in [0.1, 0.15) is 5.75 Å². The second-order valence-corrected chi connectivity index (χ2v) is 8.15. The molecule has 3 rings (SSSR count). The molecule has 32 heavy (non-hydrogen) atoms. The maximum Gasteiger partial charge on any atom is 0.416 e. The first-order chi connectivity index (χ1) is 15.2. The molecular weight excluding hydrogens is 461 g/mol. The molecule has 0 aliphatic rings. The fourth-order valence-corrected chi connectivity index (χ4v) is 4.04. The first kappa shape index (κ1) is 23.8. The lowest BCUT2D eigenvalue weighted by molar-refractivity contribution is -0.139. The van der Waals surface area contributed by atoms with E-state index in [0.717, 1.165) is 22.6 Å². The summed E-state index contributed by atoms with van der Waals surface area (Å²) < 4.78 is 44.7. The largest absolute Gasteiger partial charge is 0.480 e. The van der Waals surface area contributed by atoms with Crippen molar-refractivity contribution in [2.75, 3.05) is 12.4 Å². The maximum absolute atomic E-state index is 13.2. The summed E-state index contributed by atoms with van der Waals surface area (Å²) in [7, 11) is 0. The summed E-state index contributed by atoms with van der Waals surface area (Å²) in [5.74, 6) is -0.359. The molecule has 0 bridgehead atoms. The van der Waals surface area contributed by atoms with E-state index in [0.29, 0.717) is 16.9 Å². The Hall–Kier alpha value is -2.90. The molecule has 0 heterocycles. The minimum absolute atomic E-state index is 0.267. The molecule has 0 aromatic heterocycles. The number of hydrogen-bond acceptors (Lipinski definition) is 3. The number of hydrogen-bond donors (Lipinski definition) is 1. The number of carboxylic acids is 1. The van der Waals surface area contributed by atoms with Crippen LogP contribution < -0.4 is 4.74 Å². The van der Waals surface area contributed by atoms with Crippen LogP contribution in [0.3, 0.4) is 0 Å². The van der Waals surface area contributed by atoms with Crippen LogP contribution in [0.1, 0.15) is 16.7 Å². The van der Waals surface area contributed by atoms with Crippen LogP contribution in [-0.2, 0) is 11.0 Å². The molecule has 0 spiro atoms. The van der Waals surface area contributed by atoms with Crippen molar-refractivity contribution < 1.29 is 27.8 Å². The van der Waals surface area contributed by atoms with Crippen molar-refractivity contribution in [2.24, 2.45) is 0 Å². The molecule has 0 saturated carbocycles.